The highest BCUT2D eigenvalue weighted by molar-refractivity contribution is 9.10. The van der Waals surface area contributed by atoms with E-state index in [4.69, 9.17) is 5.11 Å². The summed E-state index contributed by atoms with van der Waals surface area (Å²) in [5.41, 5.74) is 0.999. The van der Waals surface area contributed by atoms with Gasteiger partial charge in [0.1, 0.15) is 4.60 Å². The van der Waals surface area contributed by atoms with Gasteiger partial charge in [-0.05, 0) is 41.2 Å². The number of halogens is 1. The second kappa shape index (κ2) is 7.27. The van der Waals surface area contributed by atoms with E-state index in [1.165, 1.54) is 0 Å². The summed E-state index contributed by atoms with van der Waals surface area (Å²) in [5, 5.41) is 12.7. The molecule has 5 heteroatoms. The van der Waals surface area contributed by atoms with Crippen molar-refractivity contribution >= 4 is 27.7 Å². The quantitative estimate of drug-likeness (QED) is 0.790. The summed E-state index contributed by atoms with van der Waals surface area (Å²) in [7, 11) is 0. The summed E-state index contributed by atoms with van der Waals surface area (Å²) in [5.74, 6) is 0. The molecular weight excluding hydrogens is 288 g/mol. The lowest BCUT2D eigenvalue weighted by Gasteiger charge is -2.21. The number of nitrogens with one attached hydrogen (secondary N) is 1. The van der Waals surface area contributed by atoms with Crippen LogP contribution in [-0.2, 0) is 6.54 Å². The number of rotatable bonds is 6. The topological polar surface area (TPSA) is 45.1 Å². The summed E-state index contributed by atoms with van der Waals surface area (Å²) in [4.78, 5) is 4.34. The van der Waals surface area contributed by atoms with Crippen molar-refractivity contribution < 1.29 is 5.11 Å². The van der Waals surface area contributed by atoms with Crippen LogP contribution < -0.4 is 5.32 Å². The van der Waals surface area contributed by atoms with Gasteiger partial charge in [-0.1, -0.05) is 6.07 Å². The van der Waals surface area contributed by atoms with Crippen molar-refractivity contribution in [2.75, 3.05) is 12.9 Å². The van der Waals surface area contributed by atoms with Gasteiger partial charge in [-0.15, -0.1) is 0 Å². The predicted octanol–water partition coefficient (Wildman–Crippen LogP) is 2.05. The molecular formula is C11H17BrN2OS. The highest BCUT2D eigenvalue weighted by atomic mass is 79.9. The van der Waals surface area contributed by atoms with Crippen LogP contribution in [0.1, 0.15) is 12.6 Å². The minimum Gasteiger partial charge on any atom is -0.395 e. The minimum atomic E-state index is 0.196. The highest BCUT2D eigenvalue weighted by Gasteiger charge is 2.14. The zero-order chi connectivity index (χ0) is 12.0. The van der Waals surface area contributed by atoms with E-state index in [0.29, 0.717) is 0 Å². The molecule has 1 aromatic heterocycles. The Morgan fingerprint density at radius 2 is 2.31 bits per heavy atom. The van der Waals surface area contributed by atoms with Gasteiger partial charge in [-0.3, -0.25) is 0 Å². The molecule has 2 N–H and O–H groups in total. The van der Waals surface area contributed by atoms with Gasteiger partial charge < -0.3 is 10.4 Å². The molecule has 1 aromatic rings. The minimum absolute atomic E-state index is 0.196. The van der Waals surface area contributed by atoms with E-state index in [9.17, 15) is 0 Å². The number of hydrogen-bond acceptors (Lipinski definition) is 4. The molecule has 16 heavy (non-hydrogen) atoms. The largest absolute Gasteiger partial charge is 0.395 e. The normalized spacial score (nSPS) is 14.8. The fraction of sp³-hybridized carbons (Fsp3) is 0.545. The summed E-state index contributed by atoms with van der Waals surface area (Å²) < 4.78 is 0.850. The van der Waals surface area contributed by atoms with Gasteiger partial charge in [0.2, 0.25) is 0 Å². The van der Waals surface area contributed by atoms with Crippen LogP contribution >= 0.6 is 27.7 Å². The Balaban J connectivity index is 2.45. The molecule has 0 aliphatic heterocycles. The molecule has 0 amide bonds. The van der Waals surface area contributed by atoms with Gasteiger partial charge in [0.15, 0.2) is 0 Å². The van der Waals surface area contributed by atoms with Crippen LogP contribution in [0.3, 0.4) is 0 Å². The summed E-state index contributed by atoms with van der Waals surface area (Å²) >= 11 is 5.02. The molecule has 1 heterocycles. The second-order valence-electron chi connectivity index (χ2n) is 3.58. The van der Waals surface area contributed by atoms with Crippen LogP contribution in [0.25, 0.3) is 0 Å². The Labute approximate surface area is 109 Å². The smallest absolute Gasteiger partial charge is 0.106 e. The molecule has 0 radical (unpaired) electrons. The first kappa shape index (κ1) is 14.0. The van der Waals surface area contributed by atoms with E-state index in [1.54, 1.807) is 11.8 Å². The Morgan fingerprint density at radius 1 is 1.56 bits per heavy atom. The van der Waals surface area contributed by atoms with Gasteiger partial charge in [0.05, 0.1) is 12.3 Å². The van der Waals surface area contributed by atoms with E-state index in [-0.39, 0.29) is 17.9 Å². The zero-order valence-corrected chi connectivity index (χ0v) is 11.9. The monoisotopic (exact) mass is 304 g/mol. The van der Waals surface area contributed by atoms with Crippen LogP contribution in [0.4, 0.5) is 0 Å². The molecule has 2 atom stereocenters. The van der Waals surface area contributed by atoms with Crippen molar-refractivity contribution in [3.63, 3.8) is 0 Å². The molecule has 0 fully saturated rings. The van der Waals surface area contributed by atoms with Crippen LogP contribution in [0.2, 0.25) is 0 Å². The first-order valence-electron chi connectivity index (χ1n) is 5.16. The molecule has 0 saturated carbocycles. The van der Waals surface area contributed by atoms with Crippen molar-refractivity contribution in [3.8, 4) is 0 Å². The van der Waals surface area contributed by atoms with Crippen LogP contribution in [0.5, 0.6) is 0 Å². The maximum absolute atomic E-state index is 9.15. The second-order valence-corrected chi connectivity index (χ2v) is 5.47. The SMILES string of the molecule is CSC(CO)C(C)NCc1cccc(Br)n1. The van der Waals surface area contributed by atoms with E-state index in [0.717, 1.165) is 16.8 Å². The molecule has 0 aromatic carbocycles. The van der Waals surface area contributed by atoms with E-state index < -0.39 is 0 Å². The average molecular weight is 305 g/mol. The number of nitrogens with zero attached hydrogens (tertiary/aromatic N) is 1. The van der Waals surface area contributed by atoms with Crippen molar-refractivity contribution in [1.82, 2.24) is 10.3 Å². The molecule has 3 nitrogen and oxygen atoms in total. The number of thioether (sulfide) groups is 1. The molecule has 0 spiro atoms. The maximum atomic E-state index is 9.15. The van der Waals surface area contributed by atoms with Crippen molar-refractivity contribution in [2.45, 2.75) is 24.8 Å². The molecule has 0 saturated heterocycles. The number of hydrogen-bond donors (Lipinski definition) is 2. The predicted molar refractivity (Wildman–Crippen MR) is 72.6 cm³/mol. The lowest BCUT2D eigenvalue weighted by molar-refractivity contribution is 0.275. The van der Waals surface area contributed by atoms with Gasteiger partial charge in [-0.2, -0.15) is 11.8 Å². The van der Waals surface area contributed by atoms with Crippen molar-refractivity contribution in [1.29, 1.82) is 0 Å². The average Bonchev–Trinajstić information content (AvgIpc) is 2.28. The third-order valence-corrected chi connectivity index (χ3v) is 4.02. The van der Waals surface area contributed by atoms with E-state index >= 15 is 0 Å². The van der Waals surface area contributed by atoms with Gasteiger partial charge in [-0.25, -0.2) is 4.98 Å². The fourth-order valence-corrected chi connectivity index (χ4v) is 2.42. The first-order chi connectivity index (χ1) is 7.67. The standard InChI is InChI=1S/C11H17BrN2OS/c1-8(10(7-15)16-2)13-6-9-4-3-5-11(12)14-9/h3-5,8,10,13,15H,6-7H2,1-2H3. The van der Waals surface area contributed by atoms with Crippen LogP contribution in [0, 0.1) is 0 Å². The first-order valence-corrected chi connectivity index (χ1v) is 7.24. The van der Waals surface area contributed by atoms with Gasteiger partial charge in [0, 0.05) is 17.8 Å². The van der Waals surface area contributed by atoms with Crippen molar-refractivity contribution in [3.05, 3.63) is 28.5 Å². The van der Waals surface area contributed by atoms with E-state index in [2.05, 4.69) is 33.2 Å². The maximum Gasteiger partial charge on any atom is 0.106 e. The summed E-state index contributed by atoms with van der Waals surface area (Å²) in [6.45, 7) is 2.99. The Morgan fingerprint density at radius 3 is 2.88 bits per heavy atom. The summed E-state index contributed by atoms with van der Waals surface area (Å²) in [6, 6.07) is 6.13. The highest BCUT2D eigenvalue weighted by Crippen LogP contribution is 2.11. The Hall–Kier alpha value is -0.100. The molecule has 0 bridgehead atoms. The van der Waals surface area contributed by atoms with Crippen molar-refractivity contribution in [2.24, 2.45) is 0 Å². The zero-order valence-electron chi connectivity index (χ0n) is 9.48. The van der Waals surface area contributed by atoms with Gasteiger partial charge >= 0.3 is 0 Å². The third kappa shape index (κ3) is 4.41. The molecule has 0 aliphatic rings. The lowest BCUT2D eigenvalue weighted by atomic mass is 10.2. The summed E-state index contributed by atoms with van der Waals surface area (Å²) in [6.07, 6.45) is 2.01. The van der Waals surface area contributed by atoms with E-state index in [1.807, 2.05) is 24.5 Å². The van der Waals surface area contributed by atoms with Crippen LogP contribution in [-0.4, -0.2) is 34.2 Å². The van der Waals surface area contributed by atoms with Gasteiger partial charge in [0.25, 0.3) is 0 Å². The molecule has 2 unspecified atom stereocenters. The van der Waals surface area contributed by atoms with Crippen LogP contribution in [0.15, 0.2) is 22.8 Å². The molecule has 0 aliphatic carbocycles. The number of aliphatic hydroxyl groups is 1. The Kier molecular flexibility index (Phi) is 6.34. The number of aromatic nitrogens is 1. The fourth-order valence-electron chi connectivity index (χ4n) is 1.38. The molecule has 1 rings (SSSR count). The number of pyridine rings is 1. The lowest BCUT2D eigenvalue weighted by Crippen LogP contribution is -2.37. The Bertz CT molecular complexity index is 321. The molecule has 90 valence electrons. The third-order valence-electron chi connectivity index (χ3n) is 2.42. The number of aliphatic hydroxyl groups excluding tert-OH is 1.